The highest BCUT2D eigenvalue weighted by Crippen LogP contribution is 2.20. The summed E-state index contributed by atoms with van der Waals surface area (Å²) < 4.78 is 0. The van der Waals surface area contributed by atoms with Crippen LogP contribution in [0.1, 0.15) is 0 Å². The minimum Gasteiger partial charge on any atom is -0.409 e. The first-order chi connectivity index (χ1) is 7.13. The van der Waals surface area contributed by atoms with E-state index >= 15 is 0 Å². The van der Waals surface area contributed by atoms with Gasteiger partial charge in [0.1, 0.15) is 5.84 Å². The highest BCUT2D eigenvalue weighted by molar-refractivity contribution is 8.00. The van der Waals surface area contributed by atoms with E-state index in [1.54, 1.807) is 12.1 Å². The summed E-state index contributed by atoms with van der Waals surface area (Å²) >= 11 is 1.34. The highest BCUT2D eigenvalue weighted by atomic mass is 32.2. The summed E-state index contributed by atoms with van der Waals surface area (Å²) in [7, 11) is 0. The van der Waals surface area contributed by atoms with Crippen LogP contribution in [-0.4, -0.2) is 21.7 Å². The van der Waals surface area contributed by atoms with Crippen LogP contribution in [-0.2, 0) is 0 Å². The number of nitro groups is 1. The highest BCUT2D eigenvalue weighted by Gasteiger charge is 2.04. The third-order valence-electron chi connectivity index (χ3n) is 1.56. The van der Waals surface area contributed by atoms with Crippen molar-refractivity contribution in [2.45, 2.75) is 4.90 Å². The largest absolute Gasteiger partial charge is 0.409 e. The number of nitro benzene ring substituents is 1. The summed E-state index contributed by atoms with van der Waals surface area (Å²) in [5, 5.41) is 21.5. The van der Waals surface area contributed by atoms with Gasteiger partial charge >= 0.3 is 0 Å². The van der Waals surface area contributed by atoms with Gasteiger partial charge in [-0.25, -0.2) is 0 Å². The van der Waals surface area contributed by atoms with E-state index in [-0.39, 0.29) is 11.5 Å². The Balaban J connectivity index is 2.61. The monoisotopic (exact) mass is 227 g/mol. The average Bonchev–Trinajstić information content (AvgIpc) is 2.26. The van der Waals surface area contributed by atoms with E-state index in [4.69, 9.17) is 10.9 Å². The minimum atomic E-state index is -0.460. The Hall–Kier alpha value is -1.76. The second-order valence-electron chi connectivity index (χ2n) is 2.63. The first kappa shape index (κ1) is 11.3. The molecule has 3 N–H and O–H groups in total. The van der Waals surface area contributed by atoms with Crippen molar-refractivity contribution in [3.8, 4) is 0 Å². The summed E-state index contributed by atoms with van der Waals surface area (Å²) in [5.41, 5.74) is 5.31. The zero-order valence-corrected chi connectivity index (χ0v) is 8.48. The third kappa shape index (κ3) is 3.47. The number of nitrogens with zero attached hydrogens (tertiary/aromatic N) is 2. The molecule has 1 rings (SSSR count). The van der Waals surface area contributed by atoms with Crippen molar-refractivity contribution in [1.29, 1.82) is 0 Å². The van der Waals surface area contributed by atoms with Crippen molar-refractivity contribution < 1.29 is 10.1 Å². The van der Waals surface area contributed by atoms with Crippen LogP contribution in [0.5, 0.6) is 0 Å². The van der Waals surface area contributed by atoms with Crippen molar-refractivity contribution in [2.75, 3.05) is 5.75 Å². The number of hydrogen-bond acceptors (Lipinski definition) is 5. The molecular formula is C8H9N3O3S. The Kier molecular flexibility index (Phi) is 3.92. The van der Waals surface area contributed by atoms with Gasteiger partial charge in [-0.3, -0.25) is 10.1 Å². The van der Waals surface area contributed by atoms with Crippen LogP contribution in [0.2, 0.25) is 0 Å². The number of oxime groups is 1. The summed E-state index contributed by atoms with van der Waals surface area (Å²) in [5.74, 6) is 0.451. The molecule has 0 bridgehead atoms. The lowest BCUT2D eigenvalue weighted by atomic mass is 10.3. The molecule has 6 nitrogen and oxygen atoms in total. The van der Waals surface area contributed by atoms with Crippen LogP contribution in [0, 0.1) is 10.1 Å². The lowest BCUT2D eigenvalue weighted by molar-refractivity contribution is -0.384. The molecule has 0 saturated carbocycles. The van der Waals surface area contributed by atoms with Gasteiger partial charge in [0.15, 0.2) is 0 Å². The van der Waals surface area contributed by atoms with Crippen molar-refractivity contribution in [1.82, 2.24) is 0 Å². The van der Waals surface area contributed by atoms with Crippen LogP contribution in [0.15, 0.2) is 34.3 Å². The SMILES string of the molecule is N/C(CSc1ccc([N+](=O)[O-])cc1)=N\O. The molecule has 0 unspecified atom stereocenters. The third-order valence-corrected chi connectivity index (χ3v) is 2.61. The molecule has 0 amide bonds. The van der Waals surface area contributed by atoms with Gasteiger partial charge in [0.25, 0.3) is 5.69 Å². The Bertz CT molecular complexity index is 377. The normalized spacial score (nSPS) is 11.3. The van der Waals surface area contributed by atoms with Gasteiger partial charge in [-0.1, -0.05) is 5.16 Å². The molecule has 0 fully saturated rings. The Morgan fingerprint density at radius 1 is 1.53 bits per heavy atom. The first-order valence-electron chi connectivity index (χ1n) is 3.97. The van der Waals surface area contributed by atoms with Gasteiger partial charge < -0.3 is 10.9 Å². The van der Waals surface area contributed by atoms with Gasteiger partial charge in [0, 0.05) is 17.0 Å². The smallest absolute Gasteiger partial charge is 0.269 e. The zero-order chi connectivity index (χ0) is 11.3. The van der Waals surface area contributed by atoms with Crippen LogP contribution in [0.3, 0.4) is 0 Å². The van der Waals surface area contributed by atoms with E-state index in [9.17, 15) is 10.1 Å². The standard InChI is InChI=1S/C8H9N3O3S/c9-8(10-12)5-15-7-3-1-6(2-4-7)11(13)14/h1-4,12H,5H2,(H2,9,10). The molecule has 0 aliphatic carbocycles. The minimum absolute atomic E-state index is 0.0446. The number of amidine groups is 1. The van der Waals surface area contributed by atoms with Crippen LogP contribution in [0.25, 0.3) is 0 Å². The van der Waals surface area contributed by atoms with E-state index in [0.29, 0.717) is 5.75 Å². The molecule has 0 aliphatic heterocycles. The molecule has 1 aromatic rings. The summed E-state index contributed by atoms with van der Waals surface area (Å²) in [4.78, 5) is 10.7. The quantitative estimate of drug-likeness (QED) is 0.202. The van der Waals surface area contributed by atoms with E-state index < -0.39 is 4.92 Å². The average molecular weight is 227 g/mol. The fourth-order valence-electron chi connectivity index (χ4n) is 0.850. The fourth-order valence-corrected chi connectivity index (χ4v) is 1.55. The van der Waals surface area contributed by atoms with Crippen molar-refractivity contribution in [3.63, 3.8) is 0 Å². The summed E-state index contributed by atoms with van der Waals surface area (Å²) in [6, 6.07) is 6.06. The lowest BCUT2D eigenvalue weighted by Gasteiger charge is -1.99. The molecule has 80 valence electrons. The van der Waals surface area contributed by atoms with Gasteiger partial charge in [-0.2, -0.15) is 0 Å². The molecule has 0 aromatic heterocycles. The fraction of sp³-hybridized carbons (Fsp3) is 0.125. The number of rotatable bonds is 4. The number of hydrogen-bond donors (Lipinski definition) is 2. The molecule has 7 heteroatoms. The van der Waals surface area contributed by atoms with E-state index in [0.717, 1.165) is 4.90 Å². The second kappa shape index (κ2) is 5.20. The van der Waals surface area contributed by atoms with E-state index in [1.807, 2.05) is 0 Å². The molecule has 0 aliphatic rings. The molecular weight excluding hydrogens is 218 g/mol. The molecule has 0 saturated heterocycles. The Morgan fingerprint density at radius 2 is 2.13 bits per heavy atom. The topological polar surface area (TPSA) is 102 Å². The molecule has 1 aromatic carbocycles. The van der Waals surface area contributed by atoms with Gasteiger partial charge in [-0.05, 0) is 12.1 Å². The number of nitrogens with two attached hydrogens (primary N) is 1. The van der Waals surface area contributed by atoms with E-state index in [2.05, 4.69) is 5.16 Å². The van der Waals surface area contributed by atoms with Crippen molar-refractivity contribution >= 4 is 23.3 Å². The Morgan fingerprint density at radius 3 is 2.60 bits per heavy atom. The molecule has 0 spiro atoms. The van der Waals surface area contributed by atoms with Gasteiger partial charge in [0.2, 0.25) is 0 Å². The molecule has 15 heavy (non-hydrogen) atoms. The number of non-ortho nitro benzene ring substituents is 1. The van der Waals surface area contributed by atoms with Gasteiger partial charge in [-0.15, -0.1) is 11.8 Å². The number of thioether (sulfide) groups is 1. The molecule has 0 heterocycles. The van der Waals surface area contributed by atoms with Crippen LogP contribution >= 0.6 is 11.8 Å². The maximum atomic E-state index is 10.4. The maximum absolute atomic E-state index is 10.4. The second-order valence-corrected chi connectivity index (χ2v) is 3.68. The van der Waals surface area contributed by atoms with Gasteiger partial charge in [0.05, 0.1) is 10.7 Å². The first-order valence-corrected chi connectivity index (χ1v) is 4.95. The Labute approximate surface area is 89.9 Å². The predicted molar refractivity (Wildman–Crippen MR) is 57.2 cm³/mol. The molecule has 0 radical (unpaired) electrons. The van der Waals surface area contributed by atoms with Crippen molar-refractivity contribution in [3.05, 3.63) is 34.4 Å². The summed E-state index contributed by atoms with van der Waals surface area (Å²) in [6.45, 7) is 0. The zero-order valence-electron chi connectivity index (χ0n) is 7.66. The predicted octanol–water partition coefficient (Wildman–Crippen LogP) is 1.43. The van der Waals surface area contributed by atoms with E-state index in [1.165, 1.54) is 23.9 Å². The van der Waals surface area contributed by atoms with Crippen LogP contribution in [0.4, 0.5) is 5.69 Å². The maximum Gasteiger partial charge on any atom is 0.269 e. The summed E-state index contributed by atoms with van der Waals surface area (Å²) in [6.07, 6.45) is 0. The number of benzene rings is 1. The lowest BCUT2D eigenvalue weighted by Crippen LogP contribution is -2.13. The van der Waals surface area contributed by atoms with Crippen molar-refractivity contribution in [2.24, 2.45) is 10.9 Å². The van der Waals surface area contributed by atoms with Crippen LogP contribution < -0.4 is 5.73 Å². The molecule has 0 atom stereocenters.